The number of fused-ring (bicyclic) bond motifs is 1. The molecule has 0 bridgehead atoms. The molecule has 4 aromatic heterocycles. The highest BCUT2D eigenvalue weighted by atomic mass is 32.1. The van der Waals surface area contributed by atoms with Gasteiger partial charge in [-0.15, -0.1) is 11.3 Å². The van der Waals surface area contributed by atoms with Crippen LogP contribution in [0.2, 0.25) is 0 Å². The third kappa shape index (κ3) is 4.01. The predicted octanol–water partition coefficient (Wildman–Crippen LogP) is 4.15. The Kier molecular flexibility index (Phi) is 5.33. The summed E-state index contributed by atoms with van der Waals surface area (Å²) in [5.41, 5.74) is 8.68. The molecule has 0 spiro atoms. The van der Waals surface area contributed by atoms with Gasteiger partial charge in [0.25, 0.3) is 0 Å². The van der Waals surface area contributed by atoms with Crippen LogP contribution in [-0.2, 0) is 6.54 Å². The minimum atomic E-state index is 0.330. The van der Waals surface area contributed by atoms with E-state index in [2.05, 4.69) is 42.5 Å². The Balaban J connectivity index is 1.38. The molecule has 1 fully saturated rings. The first kappa shape index (κ1) is 19.0. The zero-order valence-corrected chi connectivity index (χ0v) is 17.5. The number of nitrogens with one attached hydrogen (secondary N) is 2. The standard InChI is InChI=1S/C22H25N7S/c23-15-6-8-16(9-7-15)27-21-22-26-14-19(29(22)11-10-24-21)18-4-1-5-20(28-18)25-13-17-3-2-12-30-17/h1-5,10-12,14-16H,6-9,13,23H2,(H,24,27)(H,25,28)/t15-,16-. The monoisotopic (exact) mass is 419 g/mol. The smallest absolute Gasteiger partial charge is 0.180 e. The first-order valence-corrected chi connectivity index (χ1v) is 11.2. The summed E-state index contributed by atoms with van der Waals surface area (Å²) in [7, 11) is 0. The number of hydrogen-bond donors (Lipinski definition) is 3. The number of nitrogens with zero attached hydrogens (tertiary/aromatic N) is 4. The highest BCUT2D eigenvalue weighted by Gasteiger charge is 2.20. The lowest BCUT2D eigenvalue weighted by Crippen LogP contribution is -2.33. The van der Waals surface area contributed by atoms with Crippen molar-refractivity contribution in [3.8, 4) is 11.4 Å². The van der Waals surface area contributed by atoms with Gasteiger partial charge in [0, 0.05) is 29.4 Å². The van der Waals surface area contributed by atoms with E-state index in [-0.39, 0.29) is 0 Å². The summed E-state index contributed by atoms with van der Waals surface area (Å²) >= 11 is 1.74. The Morgan fingerprint density at radius 2 is 2.00 bits per heavy atom. The number of imidazole rings is 1. The molecule has 1 saturated carbocycles. The zero-order valence-electron chi connectivity index (χ0n) is 16.7. The SMILES string of the molecule is N[C@H]1CC[C@H](Nc2nccn3c(-c4cccc(NCc5cccs5)n4)cnc23)CC1. The first-order valence-electron chi connectivity index (χ1n) is 10.3. The number of aromatic nitrogens is 4. The van der Waals surface area contributed by atoms with E-state index in [1.54, 1.807) is 11.3 Å². The molecule has 5 rings (SSSR count). The van der Waals surface area contributed by atoms with Crippen molar-refractivity contribution in [2.75, 3.05) is 10.6 Å². The van der Waals surface area contributed by atoms with Gasteiger partial charge in [-0.1, -0.05) is 12.1 Å². The highest BCUT2D eigenvalue weighted by molar-refractivity contribution is 7.09. The number of anilines is 2. The summed E-state index contributed by atoms with van der Waals surface area (Å²) in [5.74, 6) is 1.66. The lowest BCUT2D eigenvalue weighted by Gasteiger charge is -2.27. The van der Waals surface area contributed by atoms with Crippen LogP contribution in [0.25, 0.3) is 17.0 Å². The number of rotatable bonds is 6. The van der Waals surface area contributed by atoms with Crippen molar-refractivity contribution in [2.45, 2.75) is 44.3 Å². The molecule has 0 aromatic carbocycles. The Bertz CT molecular complexity index is 1110. The van der Waals surface area contributed by atoms with Gasteiger partial charge in [-0.3, -0.25) is 4.40 Å². The van der Waals surface area contributed by atoms with Crippen molar-refractivity contribution < 1.29 is 0 Å². The van der Waals surface area contributed by atoms with Crippen LogP contribution in [0.15, 0.2) is 54.3 Å². The second-order valence-electron chi connectivity index (χ2n) is 7.71. The molecule has 4 N–H and O–H groups in total. The average Bonchev–Trinajstić information content (AvgIpc) is 3.44. The Labute approximate surface area is 179 Å². The summed E-state index contributed by atoms with van der Waals surface area (Å²) < 4.78 is 2.05. The molecule has 0 unspecified atom stereocenters. The quantitative estimate of drug-likeness (QED) is 0.435. The van der Waals surface area contributed by atoms with Crippen LogP contribution >= 0.6 is 11.3 Å². The minimum Gasteiger partial charge on any atom is -0.365 e. The van der Waals surface area contributed by atoms with Crippen molar-refractivity contribution in [2.24, 2.45) is 5.73 Å². The lowest BCUT2D eigenvalue weighted by atomic mass is 9.92. The van der Waals surface area contributed by atoms with Gasteiger partial charge in [0.1, 0.15) is 5.82 Å². The van der Waals surface area contributed by atoms with Gasteiger partial charge in [-0.05, 0) is 49.3 Å². The summed E-state index contributed by atoms with van der Waals surface area (Å²) in [6.45, 7) is 0.768. The molecule has 154 valence electrons. The second-order valence-corrected chi connectivity index (χ2v) is 8.74. The summed E-state index contributed by atoms with van der Waals surface area (Å²) in [6, 6.07) is 10.9. The molecular weight excluding hydrogens is 394 g/mol. The van der Waals surface area contributed by atoms with Crippen LogP contribution in [-0.4, -0.2) is 31.4 Å². The first-order chi connectivity index (χ1) is 14.8. The summed E-state index contributed by atoms with van der Waals surface area (Å²) in [6.07, 6.45) is 9.85. The highest BCUT2D eigenvalue weighted by Crippen LogP contribution is 2.26. The molecule has 1 aliphatic rings. The van der Waals surface area contributed by atoms with Gasteiger partial charge < -0.3 is 16.4 Å². The Morgan fingerprint density at radius 3 is 2.83 bits per heavy atom. The van der Waals surface area contributed by atoms with E-state index in [0.717, 1.165) is 60.9 Å². The summed E-state index contributed by atoms with van der Waals surface area (Å²) in [4.78, 5) is 15.3. The molecular formula is C22H25N7S. The molecule has 0 saturated heterocycles. The van der Waals surface area contributed by atoms with E-state index in [0.29, 0.717) is 12.1 Å². The van der Waals surface area contributed by atoms with E-state index in [1.165, 1.54) is 4.88 Å². The fourth-order valence-electron chi connectivity index (χ4n) is 3.93. The molecule has 30 heavy (non-hydrogen) atoms. The van der Waals surface area contributed by atoms with Gasteiger partial charge in [-0.25, -0.2) is 15.0 Å². The van der Waals surface area contributed by atoms with E-state index in [4.69, 9.17) is 10.7 Å². The van der Waals surface area contributed by atoms with Crippen LogP contribution in [0, 0.1) is 0 Å². The minimum absolute atomic E-state index is 0.330. The predicted molar refractivity (Wildman–Crippen MR) is 122 cm³/mol. The molecule has 0 radical (unpaired) electrons. The Morgan fingerprint density at radius 1 is 1.10 bits per heavy atom. The number of hydrogen-bond acceptors (Lipinski definition) is 7. The topological polar surface area (TPSA) is 93.2 Å². The largest absolute Gasteiger partial charge is 0.365 e. The maximum Gasteiger partial charge on any atom is 0.180 e. The third-order valence-corrected chi connectivity index (χ3v) is 6.45. The van der Waals surface area contributed by atoms with E-state index in [1.807, 2.05) is 36.8 Å². The molecule has 7 nitrogen and oxygen atoms in total. The van der Waals surface area contributed by atoms with Crippen molar-refractivity contribution in [1.82, 2.24) is 19.4 Å². The molecule has 8 heteroatoms. The fraction of sp³-hybridized carbons (Fsp3) is 0.318. The number of nitrogens with two attached hydrogens (primary N) is 1. The molecule has 0 aliphatic heterocycles. The van der Waals surface area contributed by atoms with Gasteiger partial charge >= 0.3 is 0 Å². The van der Waals surface area contributed by atoms with Crippen LogP contribution in [0.3, 0.4) is 0 Å². The molecule has 4 heterocycles. The van der Waals surface area contributed by atoms with Crippen molar-refractivity contribution in [3.05, 3.63) is 59.2 Å². The van der Waals surface area contributed by atoms with Gasteiger partial charge in [-0.2, -0.15) is 0 Å². The van der Waals surface area contributed by atoms with Crippen LogP contribution in [0.1, 0.15) is 30.6 Å². The van der Waals surface area contributed by atoms with E-state index >= 15 is 0 Å². The maximum atomic E-state index is 6.04. The van der Waals surface area contributed by atoms with Crippen LogP contribution in [0.4, 0.5) is 11.6 Å². The molecule has 0 atom stereocenters. The van der Waals surface area contributed by atoms with Gasteiger partial charge in [0.15, 0.2) is 11.5 Å². The summed E-state index contributed by atoms with van der Waals surface area (Å²) in [5, 5.41) is 9.06. The second kappa shape index (κ2) is 8.41. The average molecular weight is 420 g/mol. The normalized spacial score (nSPS) is 19.1. The fourth-order valence-corrected chi connectivity index (χ4v) is 4.58. The van der Waals surface area contributed by atoms with E-state index < -0.39 is 0 Å². The van der Waals surface area contributed by atoms with Crippen LogP contribution < -0.4 is 16.4 Å². The molecule has 4 aromatic rings. The van der Waals surface area contributed by atoms with Crippen molar-refractivity contribution in [1.29, 1.82) is 0 Å². The Hall–Kier alpha value is -2.97. The van der Waals surface area contributed by atoms with Crippen LogP contribution in [0.5, 0.6) is 0 Å². The molecule has 1 aliphatic carbocycles. The zero-order chi connectivity index (χ0) is 20.3. The maximum absolute atomic E-state index is 6.04. The molecule has 0 amide bonds. The number of thiophene rings is 1. The van der Waals surface area contributed by atoms with Crippen molar-refractivity contribution >= 4 is 28.6 Å². The van der Waals surface area contributed by atoms with Crippen molar-refractivity contribution in [3.63, 3.8) is 0 Å². The lowest BCUT2D eigenvalue weighted by molar-refractivity contribution is 0.410. The third-order valence-electron chi connectivity index (χ3n) is 5.58. The number of pyridine rings is 1. The van der Waals surface area contributed by atoms with E-state index in [9.17, 15) is 0 Å². The van der Waals surface area contributed by atoms with Gasteiger partial charge in [0.05, 0.1) is 24.1 Å². The van der Waals surface area contributed by atoms with Gasteiger partial charge in [0.2, 0.25) is 0 Å².